The lowest BCUT2D eigenvalue weighted by atomic mass is 9.89. The maximum absolute atomic E-state index is 13.5. The molecule has 1 aliphatic rings. The molecule has 4 heterocycles. The zero-order valence-corrected chi connectivity index (χ0v) is 25.2. The van der Waals surface area contributed by atoms with Crippen LogP contribution in [-0.2, 0) is 7.05 Å². The molecule has 0 bridgehead atoms. The van der Waals surface area contributed by atoms with Gasteiger partial charge in [0.15, 0.2) is 5.78 Å². The minimum absolute atomic E-state index is 0.0225. The van der Waals surface area contributed by atoms with Gasteiger partial charge in [-0.25, -0.2) is 4.98 Å². The van der Waals surface area contributed by atoms with Crippen LogP contribution in [0.25, 0.3) is 33.3 Å². The second-order valence-electron chi connectivity index (χ2n) is 11.1. The van der Waals surface area contributed by atoms with Gasteiger partial charge in [0.25, 0.3) is 5.56 Å². The van der Waals surface area contributed by atoms with Crippen molar-refractivity contribution in [1.82, 2.24) is 24.4 Å². The van der Waals surface area contributed by atoms with Gasteiger partial charge >= 0.3 is 0 Å². The molecule has 1 fully saturated rings. The highest BCUT2D eigenvalue weighted by Crippen LogP contribution is 2.33. The van der Waals surface area contributed by atoms with E-state index >= 15 is 0 Å². The monoisotopic (exact) mass is 592 g/mol. The van der Waals surface area contributed by atoms with E-state index in [1.54, 1.807) is 37.6 Å². The lowest BCUT2D eigenvalue weighted by Gasteiger charge is -2.29. The van der Waals surface area contributed by atoms with E-state index in [1.165, 1.54) is 23.0 Å². The fourth-order valence-electron chi connectivity index (χ4n) is 5.67. The number of nitrogens with one attached hydrogen (secondary N) is 1. The van der Waals surface area contributed by atoms with Crippen LogP contribution in [0.4, 0.5) is 11.6 Å². The Morgan fingerprint density at radius 3 is 2.42 bits per heavy atom. The number of anilines is 2. The van der Waals surface area contributed by atoms with Crippen LogP contribution in [0.3, 0.4) is 0 Å². The molecule has 0 amide bonds. The Bertz CT molecular complexity index is 1880. The SMILES string of the molecule is CCC(=O)c1cc(-c2ccc(-c3cc4cnc(Nc5ccc(C6CCN(C)CC6)cc5)nc4n(C)c3=O)c(Cl)c2)ccn1. The van der Waals surface area contributed by atoms with Gasteiger partial charge in [0.05, 0.1) is 0 Å². The molecule has 8 nitrogen and oxygen atoms in total. The van der Waals surface area contributed by atoms with Gasteiger partial charge < -0.3 is 10.2 Å². The number of benzene rings is 2. The Kier molecular flexibility index (Phi) is 8.06. The van der Waals surface area contributed by atoms with Crippen molar-refractivity contribution in [3.63, 3.8) is 0 Å². The number of hydrogen-bond donors (Lipinski definition) is 1. The molecule has 0 saturated carbocycles. The minimum Gasteiger partial charge on any atom is -0.324 e. The first-order valence-electron chi connectivity index (χ1n) is 14.5. The molecule has 0 atom stereocenters. The molecule has 6 rings (SSSR count). The number of aryl methyl sites for hydroxylation is 1. The number of rotatable bonds is 7. The third kappa shape index (κ3) is 5.94. The average Bonchev–Trinajstić information content (AvgIpc) is 3.03. The first kappa shape index (κ1) is 28.7. The molecule has 1 aliphatic heterocycles. The highest BCUT2D eigenvalue weighted by atomic mass is 35.5. The van der Waals surface area contributed by atoms with Gasteiger partial charge in [-0.3, -0.25) is 19.1 Å². The van der Waals surface area contributed by atoms with Gasteiger partial charge in [0.1, 0.15) is 11.3 Å². The van der Waals surface area contributed by atoms with Crippen molar-refractivity contribution in [3.05, 3.63) is 99.7 Å². The van der Waals surface area contributed by atoms with Crippen molar-refractivity contribution in [3.8, 4) is 22.3 Å². The van der Waals surface area contributed by atoms with Crippen molar-refractivity contribution in [1.29, 1.82) is 0 Å². The van der Waals surface area contributed by atoms with Gasteiger partial charge in [-0.1, -0.05) is 42.8 Å². The van der Waals surface area contributed by atoms with E-state index in [0.717, 1.165) is 35.3 Å². The Hall–Kier alpha value is -4.40. The Balaban J connectivity index is 1.25. The molecule has 0 spiro atoms. The normalized spacial score (nSPS) is 14.2. The van der Waals surface area contributed by atoms with Gasteiger partial charge in [-0.05, 0) is 92.0 Å². The van der Waals surface area contributed by atoms with Gasteiger partial charge in [0.2, 0.25) is 5.95 Å². The lowest BCUT2D eigenvalue weighted by molar-refractivity contribution is 0.0983. The molecule has 5 aromatic rings. The summed E-state index contributed by atoms with van der Waals surface area (Å²) in [7, 11) is 3.88. The quantitative estimate of drug-likeness (QED) is 0.206. The number of Topliss-reactive ketones (excluding diaryl/α,β-unsaturated/α-hetero) is 1. The summed E-state index contributed by atoms with van der Waals surface area (Å²) in [5, 5.41) is 4.43. The number of ketones is 1. The number of piperidine rings is 1. The highest BCUT2D eigenvalue weighted by molar-refractivity contribution is 6.33. The summed E-state index contributed by atoms with van der Waals surface area (Å²) >= 11 is 6.73. The van der Waals surface area contributed by atoms with Crippen LogP contribution in [0.1, 0.15) is 48.2 Å². The maximum Gasteiger partial charge on any atom is 0.259 e. The first-order chi connectivity index (χ1) is 20.8. The summed E-state index contributed by atoms with van der Waals surface area (Å²) in [6.07, 6.45) is 6.07. The van der Waals surface area contributed by atoms with Crippen LogP contribution in [0.15, 0.2) is 77.9 Å². The van der Waals surface area contributed by atoms with Gasteiger partial charge in [-0.15, -0.1) is 0 Å². The van der Waals surface area contributed by atoms with Crippen molar-refractivity contribution in [2.24, 2.45) is 7.05 Å². The summed E-state index contributed by atoms with van der Waals surface area (Å²) in [4.78, 5) is 41.4. The van der Waals surface area contributed by atoms with E-state index in [9.17, 15) is 9.59 Å². The molecule has 2 aromatic carbocycles. The summed E-state index contributed by atoms with van der Waals surface area (Å²) in [5.74, 6) is 0.990. The molecular weight excluding hydrogens is 560 g/mol. The Labute approximate surface area is 255 Å². The maximum atomic E-state index is 13.5. The van der Waals surface area contributed by atoms with Crippen LogP contribution >= 0.6 is 11.6 Å². The molecule has 43 heavy (non-hydrogen) atoms. The number of halogens is 1. The molecular formula is C34H33ClN6O2. The standard InChI is InChI=1S/C34H33ClN6O2/c1-4-31(42)30-19-24(11-14-36-30)23-7-10-27(29(35)18-23)28-17-25-20-37-34(39-32(25)41(3)33(28)43)38-26-8-5-21(6-9-26)22-12-15-40(2)16-13-22/h5-11,14,17-20,22H,4,12-13,15-16H2,1-3H3,(H,37,38,39). The molecule has 0 radical (unpaired) electrons. The van der Waals surface area contributed by atoms with Crippen molar-refractivity contribution in [2.75, 3.05) is 25.5 Å². The summed E-state index contributed by atoms with van der Waals surface area (Å²) in [6.45, 7) is 4.06. The molecule has 1 saturated heterocycles. The number of hydrogen-bond acceptors (Lipinski definition) is 7. The van der Waals surface area contributed by atoms with Crippen LogP contribution < -0.4 is 10.9 Å². The fourth-order valence-corrected chi connectivity index (χ4v) is 5.95. The number of pyridine rings is 2. The van der Waals surface area contributed by atoms with E-state index in [1.807, 2.05) is 25.1 Å². The highest BCUT2D eigenvalue weighted by Gasteiger charge is 2.19. The number of fused-ring (bicyclic) bond motifs is 1. The Morgan fingerprint density at radius 2 is 1.70 bits per heavy atom. The number of carbonyl (C=O) groups is 1. The van der Waals surface area contributed by atoms with Crippen LogP contribution in [0.2, 0.25) is 5.02 Å². The van der Waals surface area contributed by atoms with Crippen molar-refractivity contribution < 1.29 is 4.79 Å². The molecule has 0 aliphatic carbocycles. The second-order valence-corrected chi connectivity index (χ2v) is 11.5. The zero-order chi connectivity index (χ0) is 30.1. The number of aromatic nitrogens is 4. The lowest BCUT2D eigenvalue weighted by Crippen LogP contribution is -2.29. The van der Waals surface area contributed by atoms with Gasteiger partial charge in [-0.2, -0.15) is 4.98 Å². The second kappa shape index (κ2) is 12.1. The number of likely N-dealkylation sites (tertiary alicyclic amines) is 1. The van der Waals surface area contributed by atoms with E-state index < -0.39 is 0 Å². The summed E-state index contributed by atoms with van der Waals surface area (Å²) < 4.78 is 1.52. The largest absolute Gasteiger partial charge is 0.324 e. The van der Waals surface area contributed by atoms with Crippen LogP contribution in [0.5, 0.6) is 0 Å². The van der Waals surface area contributed by atoms with Crippen molar-refractivity contribution >= 4 is 40.1 Å². The topological polar surface area (TPSA) is 93.0 Å². The molecule has 3 aromatic heterocycles. The molecule has 9 heteroatoms. The predicted octanol–water partition coefficient (Wildman–Crippen LogP) is 6.86. The Morgan fingerprint density at radius 1 is 0.953 bits per heavy atom. The van der Waals surface area contributed by atoms with E-state index in [-0.39, 0.29) is 11.3 Å². The molecule has 0 unspecified atom stereocenters. The van der Waals surface area contributed by atoms with Crippen LogP contribution in [0, 0.1) is 0 Å². The fraction of sp³-hybridized carbons (Fsp3) is 0.265. The minimum atomic E-state index is -0.214. The average molecular weight is 593 g/mol. The summed E-state index contributed by atoms with van der Waals surface area (Å²) in [5.41, 5.74) is 5.70. The third-order valence-corrected chi connectivity index (χ3v) is 8.58. The van der Waals surface area contributed by atoms with Crippen molar-refractivity contribution in [2.45, 2.75) is 32.1 Å². The van der Waals surface area contributed by atoms with E-state index in [2.05, 4.69) is 56.5 Å². The number of nitrogens with zero attached hydrogens (tertiary/aromatic N) is 5. The van der Waals surface area contributed by atoms with E-state index in [0.29, 0.717) is 45.8 Å². The first-order valence-corrected chi connectivity index (χ1v) is 14.9. The molecule has 218 valence electrons. The van der Waals surface area contributed by atoms with Gasteiger partial charge in [0, 0.05) is 53.1 Å². The smallest absolute Gasteiger partial charge is 0.259 e. The van der Waals surface area contributed by atoms with E-state index in [4.69, 9.17) is 11.6 Å². The number of carbonyl (C=O) groups excluding carboxylic acids is 1. The molecule has 1 N–H and O–H groups in total. The summed E-state index contributed by atoms with van der Waals surface area (Å²) in [6, 6.07) is 19.4. The third-order valence-electron chi connectivity index (χ3n) is 8.26. The van der Waals surface area contributed by atoms with Crippen LogP contribution in [-0.4, -0.2) is 50.3 Å². The zero-order valence-electron chi connectivity index (χ0n) is 24.5. The predicted molar refractivity (Wildman–Crippen MR) is 172 cm³/mol.